The third-order valence-corrected chi connectivity index (χ3v) is 9.64. The third-order valence-electron chi connectivity index (χ3n) is 9.64. The Morgan fingerprint density at radius 3 is 1.90 bits per heavy atom. The quantitative estimate of drug-likeness (QED) is 0.174. The molecule has 0 unspecified atom stereocenters. The molecule has 51 heavy (non-hydrogen) atoms. The van der Waals surface area contributed by atoms with Gasteiger partial charge in [0.15, 0.2) is 0 Å². The monoisotopic (exact) mass is 651 g/mol. The minimum absolute atomic E-state index is 0.813. The van der Waals surface area contributed by atoms with Gasteiger partial charge in [0, 0.05) is 38.9 Å². The number of para-hydroxylation sites is 1. The standard InChI is InChI=1S/C46H29N5/c1-4-12-30(13-5-1)37-28-34-23-24-35(29-38(34)46-42(37)43(31-14-6-2-7-15-31)50-51(46)36-17-8-3-9-18-36)39-19-10-20-40(48-39)41-26-25-33-22-21-32-16-11-27-47-44(32)45(33)49-41/h1-29H. The second-order valence-electron chi connectivity index (χ2n) is 12.7. The van der Waals surface area contributed by atoms with Crippen LogP contribution in [0.2, 0.25) is 0 Å². The Bertz CT molecular complexity index is 2900. The molecular weight excluding hydrogens is 623 g/mol. The number of benzene rings is 6. The van der Waals surface area contributed by atoms with Gasteiger partial charge in [-0.05, 0) is 65.0 Å². The van der Waals surface area contributed by atoms with E-state index in [-0.39, 0.29) is 0 Å². The van der Waals surface area contributed by atoms with E-state index in [2.05, 4.69) is 149 Å². The molecule has 10 rings (SSSR count). The molecule has 0 saturated carbocycles. The van der Waals surface area contributed by atoms with Gasteiger partial charge in [-0.1, -0.05) is 121 Å². The molecule has 0 N–H and O–H groups in total. The van der Waals surface area contributed by atoms with Gasteiger partial charge < -0.3 is 0 Å². The fourth-order valence-electron chi connectivity index (χ4n) is 7.20. The van der Waals surface area contributed by atoms with Crippen LogP contribution in [0.4, 0.5) is 0 Å². The molecule has 6 aromatic carbocycles. The Labute approximate surface area is 294 Å². The maximum Gasteiger partial charge on any atom is 0.101 e. The van der Waals surface area contributed by atoms with Crippen LogP contribution in [0.1, 0.15) is 0 Å². The summed E-state index contributed by atoms with van der Waals surface area (Å²) in [4.78, 5) is 14.9. The number of hydrogen-bond donors (Lipinski definition) is 0. The van der Waals surface area contributed by atoms with Crippen LogP contribution in [0.3, 0.4) is 0 Å². The van der Waals surface area contributed by atoms with Crippen LogP contribution in [0.5, 0.6) is 0 Å². The fourth-order valence-corrected chi connectivity index (χ4v) is 7.20. The summed E-state index contributed by atoms with van der Waals surface area (Å²) in [5.74, 6) is 0. The minimum atomic E-state index is 0.813. The number of hydrogen-bond acceptors (Lipinski definition) is 4. The number of nitrogens with zero attached hydrogens (tertiary/aromatic N) is 5. The number of rotatable bonds is 5. The van der Waals surface area contributed by atoms with Crippen molar-refractivity contribution in [3.8, 4) is 50.7 Å². The molecular formula is C46H29N5. The molecule has 0 bridgehead atoms. The predicted octanol–water partition coefficient (Wildman–Crippen LogP) is 11.3. The molecule has 4 heterocycles. The molecule has 10 aromatic rings. The molecule has 0 fully saturated rings. The van der Waals surface area contributed by atoms with Crippen molar-refractivity contribution in [2.75, 3.05) is 0 Å². The summed E-state index contributed by atoms with van der Waals surface area (Å²) in [5.41, 5.74) is 11.7. The Kier molecular flexibility index (Phi) is 6.74. The van der Waals surface area contributed by atoms with E-state index in [0.29, 0.717) is 0 Å². The number of pyridine rings is 3. The normalized spacial score (nSPS) is 11.5. The molecule has 0 radical (unpaired) electrons. The second-order valence-corrected chi connectivity index (χ2v) is 12.7. The zero-order valence-electron chi connectivity index (χ0n) is 27.5. The molecule has 0 aliphatic rings. The maximum absolute atomic E-state index is 5.36. The van der Waals surface area contributed by atoms with Crippen LogP contribution in [-0.4, -0.2) is 24.7 Å². The minimum Gasteiger partial charge on any atom is -0.254 e. The Morgan fingerprint density at radius 2 is 1.10 bits per heavy atom. The van der Waals surface area contributed by atoms with Crippen LogP contribution in [0, 0.1) is 0 Å². The lowest BCUT2D eigenvalue weighted by atomic mass is 9.92. The van der Waals surface area contributed by atoms with Crippen LogP contribution < -0.4 is 0 Å². The molecule has 4 aromatic heterocycles. The first kappa shape index (κ1) is 29.0. The Morgan fingerprint density at radius 1 is 0.431 bits per heavy atom. The highest BCUT2D eigenvalue weighted by Crippen LogP contribution is 2.42. The highest BCUT2D eigenvalue weighted by molar-refractivity contribution is 6.18. The van der Waals surface area contributed by atoms with Gasteiger partial charge in [0.25, 0.3) is 0 Å². The van der Waals surface area contributed by atoms with E-state index in [1.165, 1.54) is 0 Å². The first-order valence-electron chi connectivity index (χ1n) is 17.1. The van der Waals surface area contributed by atoms with Crippen molar-refractivity contribution in [1.29, 1.82) is 0 Å². The molecule has 0 aliphatic heterocycles. The highest BCUT2D eigenvalue weighted by Gasteiger charge is 2.21. The average molecular weight is 652 g/mol. The zero-order valence-corrected chi connectivity index (χ0v) is 27.5. The summed E-state index contributed by atoms with van der Waals surface area (Å²) in [5, 5.41) is 10.8. The van der Waals surface area contributed by atoms with Crippen molar-refractivity contribution >= 4 is 43.5 Å². The largest absolute Gasteiger partial charge is 0.254 e. The lowest BCUT2D eigenvalue weighted by molar-refractivity contribution is 0.918. The summed E-state index contributed by atoms with van der Waals surface area (Å²) in [7, 11) is 0. The van der Waals surface area contributed by atoms with Gasteiger partial charge in [-0.15, -0.1) is 0 Å². The summed E-state index contributed by atoms with van der Waals surface area (Å²) in [6.45, 7) is 0. The van der Waals surface area contributed by atoms with Crippen LogP contribution in [0.25, 0.3) is 94.2 Å². The molecule has 0 spiro atoms. The lowest BCUT2D eigenvalue weighted by Crippen LogP contribution is -1.97. The van der Waals surface area contributed by atoms with Crippen molar-refractivity contribution in [3.05, 3.63) is 176 Å². The van der Waals surface area contributed by atoms with Crippen molar-refractivity contribution in [2.45, 2.75) is 0 Å². The number of aromatic nitrogens is 5. The van der Waals surface area contributed by atoms with E-state index in [9.17, 15) is 0 Å². The first-order chi connectivity index (χ1) is 25.3. The van der Waals surface area contributed by atoms with E-state index in [4.69, 9.17) is 15.1 Å². The van der Waals surface area contributed by atoms with E-state index >= 15 is 0 Å². The maximum atomic E-state index is 5.36. The van der Waals surface area contributed by atoms with Crippen molar-refractivity contribution < 1.29 is 0 Å². The molecule has 0 atom stereocenters. The lowest BCUT2D eigenvalue weighted by Gasteiger charge is -2.13. The predicted molar refractivity (Wildman–Crippen MR) is 209 cm³/mol. The van der Waals surface area contributed by atoms with Crippen molar-refractivity contribution in [1.82, 2.24) is 24.7 Å². The second kappa shape index (κ2) is 11.9. The summed E-state index contributed by atoms with van der Waals surface area (Å²) >= 11 is 0. The summed E-state index contributed by atoms with van der Waals surface area (Å²) < 4.78 is 2.11. The van der Waals surface area contributed by atoms with E-state index in [1.54, 1.807) is 0 Å². The molecule has 5 heteroatoms. The van der Waals surface area contributed by atoms with E-state index in [0.717, 1.165) is 94.2 Å². The van der Waals surface area contributed by atoms with Crippen LogP contribution in [-0.2, 0) is 0 Å². The van der Waals surface area contributed by atoms with Gasteiger partial charge in [-0.25, -0.2) is 14.6 Å². The SMILES string of the molecule is c1ccc(-c2cc3ccc(-c4cccc(-c5ccc6ccc7cccnc7c6n5)n4)cc3c3c2c(-c2ccccc2)nn3-c2ccccc2)cc1. The molecule has 0 amide bonds. The Balaban J connectivity index is 1.20. The van der Waals surface area contributed by atoms with Gasteiger partial charge in [0.2, 0.25) is 0 Å². The van der Waals surface area contributed by atoms with Gasteiger partial charge in [0.05, 0.1) is 39.3 Å². The highest BCUT2D eigenvalue weighted by atomic mass is 15.3. The third kappa shape index (κ3) is 4.94. The van der Waals surface area contributed by atoms with E-state index < -0.39 is 0 Å². The van der Waals surface area contributed by atoms with Gasteiger partial charge >= 0.3 is 0 Å². The van der Waals surface area contributed by atoms with Gasteiger partial charge in [0.1, 0.15) is 5.69 Å². The van der Waals surface area contributed by atoms with E-state index in [1.807, 2.05) is 36.5 Å². The molecule has 0 aliphatic carbocycles. The topological polar surface area (TPSA) is 56.5 Å². The summed E-state index contributed by atoms with van der Waals surface area (Å²) in [6.07, 6.45) is 1.82. The zero-order chi connectivity index (χ0) is 33.7. The molecule has 238 valence electrons. The van der Waals surface area contributed by atoms with Gasteiger partial charge in [-0.3, -0.25) is 4.98 Å². The number of fused-ring (bicyclic) bond motifs is 6. The van der Waals surface area contributed by atoms with Gasteiger partial charge in [-0.2, -0.15) is 5.10 Å². The van der Waals surface area contributed by atoms with Crippen molar-refractivity contribution in [3.63, 3.8) is 0 Å². The average Bonchev–Trinajstić information content (AvgIpc) is 3.62. The molecule has 5 nitrogen and oxygen atoms in total. The first-order valence-corrected chi connectivity index (χ1v) is 17.1. The van der Waals surface area contributed by atoms with Crippen LogP contribution >= 0.6 is 0 Å². The fraction of sp³-hybridized carbons (Fsp3) is 0. The van der Waals surface area contributed by atoms with Crippen molar-refractivity contribution in [2.24, 2.45) is 0 Å². The smallest absolute Gasteiger partial charge is 0.101 e. The molecule has 0 saturated heterocycles. The van der Waals surface area contributed by atoms with Crippen LogP contribution in [0.15, 0.2) is 176 Å². The Hall–Kier alpha value is -6.98. The summed E-state index contributed by atoms with van der Waals surface area (Å²) in [6, 6.07) is 59.0.